The van der Waals surface area contributed by atoms with E-state index in [9.17, 15) is 19.2 Å². The van der Waals surface area contributed by atoms with Gasteiger partial charge in [-0.25, -0.2) is 9.78 Å². The summed E-state index contributed by atoms with van der Waals surface area (Å²) in [6.45, 7) is -0.400. The van der Waals surface area contributed by atoms with E-state index in [0.717, 1.165) is 4.57 Å². The normalized spacial score (nSPS) is 10.8. The molecule has 1 aromatic carbocycles. The Hall–Kier alpha value is -4.60. The first kappa shape index (κ1) is 20.7. The maximum Gasteiger partial charge on any atom is 0.332 e. The predicted molar refractivity (Wildman–Crippen MR) is 117 cm³/mol. The van der Waals surface area contributed by atoms with Crippen LogP contribution in [-0.4, -0.2) is 30.9 Å². The molecule has 0 saturated carbocycles. The van der Waals surface area contributed by atoms with E-state index in [1.54, 1.807) is 36.5 Å². The molecule has 0 aliphatic heterocycles. The molecule has 0 aliphatic rings. The molecule has 0 atom stereocenters. The van der Waals surface area contributed by atoms with Crippen LogP contribution in [-0.2, 0) is 17.9 Å². The minimum absolute atomic E-state index is 0.0543. The third-order valence-electron chi connectivity index (χ3n) is 4.79. The minimum Gasteiger partial charge on any atom is -0.366 e. The summed E-state index contributed by atoms with van der Waals surface area (Å²) in [5.41, 5.74) is 5.58. The van der Waals surface area contributed by atoms with Gasteiger partial charge in [0.25, 0.3) is 5.56 Å². The average Bonchev–Trinajstić information content (AvgIpc) is 2.80. The number of aromatic nitrogens is 4. The molecule has 4 rings (SSSR count). The topological polar surface area (TPSA) is 142 Å². The summed E-state index contributed by atoms with van der Waals surface area (Å²) in [4.78, 5) is 58.2. The molecule has 10 nitrogen and oxygen atoms in total. The monoisotopic (exact) mass is 430 g/mol. The number of rotatable bonds is 6. The third kappa shape index (κ3) is 4.15. The van der Waals surface area contributed by atoms with Crippen LogP contribution in [0.15, 0.2) is 76.6 Å². The molecule has 0 unspecified atom stereocenters. The second-order valence-electron chi connectivity index (χ2n) is 6.94. The Bertz CT molecular complexity index is 1430. The Morgan fingerprint density at radius 3 is 2.34 bits per heavy atom. The van der Waals surface area contributed by atoms with Gasteiger partial charge in [0, 0.05) is 23.6 Å². The molecule has 0 spiro atoms. The van der Waals surface area contributed by atoms with E-state index in [1.807, 2.05) is 0 Å². The zero-order chi connectivity index (χ0) is 22.7. The second-order valence-corrected chi connectivity index (χ2v) is 6.94. The highest BCUT2D eigenvalue weighted by atomic mass is 16.2. The van der Waals surface area contributed by atoms with Crippen LogP contribution in [0, 0.1) is 0 Å². The number of nitrogens with zero attached hydrogens (tertiary/aromatic N) is 4. The number of carbonyl (C=O) groups is 2. The number of amides is 2. The quantitative estimate of drug-likeness (QED) is 0.462. The zero-order valence-corrected chi connectivity index (χ0v) is 16.8. The van der Waals surface area contributed by atoms with Gasteiger partial charge in [-0.2, -0.15) is 0 Å². The summed E-state index contributed by atoms with van der Waals surface area (Å²) in [5, 5.41) is 2.66. The van der Waals surface area contributed by atoms with Crippen LogP contribution in [0.1, 0.15) is 16.1 Å². The fraction of sp³-hybridized carbons (Fsp3) is 0.0909. The van der Waals surface area contributed by atoms with Gasteiger partial charge in [-0.1, -0.05) is 6.07 Å². The number of nitrogens with one attached hydrogen (secondary N) is 1. The van der Waals surface area contributed by atoms with E-state index in [4.69, 9.17) is 5.73 Å². The van der Waals surface area contributed by atoms with Crippen LogP contribution in [0.2, 0.25) is 0 Å². The van der Waals surface area contributed by atoms with Gasteiger partial charge in [0.1, 0.15) is 6.54 Å². The number of nitrogens with two attached hydrogens (primary N) is 1. The van der Waals surface area contributed by atoms with Crippen molar-refractivity contribution >= 4 is 28.5 Å². The largest absolute Gasteiger partial charge is 0.366 e. The van der Waals surface area contributed by atoms with Crippen LogP contribution in [0.3, 0.4) is 0 Å². The molecule has 10 heteroatoms. The van der Waals surface area contributed by atoms with Crippen LogP contribution in [0.4, 0.5) is 5.69 Å². The molecule has 0 bridgehead atoms. The van der Waals surface area contributed by atoms with E-state index in [1.165, 1.54) is 35.0 Å². The Balaban J connectivity index is 1.69. The second kappa shape index (κ2) is 8.64. The van der Waals surface area contributed by atoms with Crippen molar-refractivity contribution in [3.05, 3.63) is 99.1 Å². The lowest BCUT2D eigenvalue weighted by atomic mass is 10.2. The van der Waals surface area contributed by atoms with Gasteiger partial charge in [0.2, 0.25) is 11.8 Å². The molecule has 0 radical (unpaired) electrons. The number of hydrogen-bond donors (Lipinski definition) is 2. The van der Waals surface area contributed by atoms with Crippen molar-refractivity contribution in [2.24, 2.45) is 5.73 Å². The Labute approximate surface area is 181 Å². The Morgan fingerprint density at radius 1 is 0.906 bits per heavy atom. The number of primary amides is 1. The summed E-state index contributed by atoms with van der Waals surface area (Å²) < 4.78 is 2.20. The van der Waals surface area contributed by atoms with Crippen LogP contribution in [0.25, 0.3) is 11.0 Å². The van der Waals surface area contributed by atoms with E-state index < -0.39 is 23.1 Å². The summed E-state index contributed by atoms with van der Waals surface area (Å²) in [7, 11) is 0. The van der Waals surface area contributed by atoms with Gasteiger partial charge < -0.3 is 11.1 Å². The van der Waals surface area contributed by atoms with E-state index >= 15 is 0 Å². The highest BCUT2D eigenvalue weighted by Gasteiger charge is 2.17. The van der Waals surface area contributed by atoms with E-state index in [0.29, 0.717) is 16.9 Å². The van der Waals surface area contributed by atoms with Crippen LogP contribution >= 0.6 is 0 Å². The standard InChI is InChI=1S/C22H18N6O4/c23-20(30)14-6-8-15(9-7-14)26-18(29)13-27-17-5-3-11-25-19(17)21(31)28(22(27)32)12-16-4-1-2-10-24-16/h1-11H,12-13H2,(H2,23,30)(H,26,29). The van der Waals surface area contributed by atoms with E-state index in [-0.39, 0.29) is 24.1 Å². The van der Waals surface area contributed by atoms with Crippen LogP contribution < -0.4 is 22.3 Å². The van der Waals surface area contributed by atoms with Gasteiger partial charge in [0.05, 0.1) is 17.8 Å². The molecule has 3 N–H and O–H groups in total. The highest BCUT2D eigenvalue weighted by molar-refractivity contribution is 5.95. The molecule has 3 aromatic heterocycles. The van der Waals surface area contributed by atoms with Gasteiger partial charge in [-0.3, -0.25) is 28.5 Å². The number of carbonyl (C=O) groups excluding carboxylic acids is 2. The lowest BCUT2D eigenvalue weighted by Crippen LogP contribution is -2.42. The Morgan fingerprint density at radius 2 is 1.66 bits per heavy atom. The summed E-state index contributed by atoms with van der Waals surface area (Å²) >= 11 is 0. The lowest BCUT2D eigenvalue weighted by Gasteiger charge is -2.13. The maximum atomic E-state index is 13.2. The molecular weight excluding hydrogens is 412 g/mol. The summed E-state index contributed by atoms with van der Waals surface area (Å²) in [6.07, 6.45) is 3.01. The van der Waals surface area contributed by atoms with Crippen molar-refractivity contribution in [2.45, 2.75) is 13.1 Å². The maximum absolute atomic E-state index is 13.2. The van der Waals surface area contributed by atoms with E-state index in [2.05, 4.69) is 15.3 Å². The van der Waals surface area contributed by atoms with Crippen LogP contribution in [0.5, 0.6) is 0 Å². The molecular formula is C22H18N6O4. The van der Waals surface area contributed by atoms with Gasteiger partial charge in [0.15, 0.2) is 5.52 Å². The molecule has 4 aromatic rings. The fourth-order valence-corrected chi connectivity index (χ4v) is 3.25. The summed E-state index contributed by atoms with van der Waals surface area (Å²) in [6, 6.07) is 14.3. The zero-order valence-electron chi connectivity index (χ0n) is 16.8. The molecule has 2 amide bonds. The van der Waals surface area contributed by atoms with Gasteiger partial charge in [-0.05, 0) is 48.5 Å². The van der Waals surface area contributed by atoms with Crippen molar-refractivity contribution < 1.29 is 9.59 Å². The first-order valence-electron chi connectivity index (χ1n) is 9.62. The number of pyridine rings is 2. The SMILES string of the molecule is NC(=O)c1ccc(NC(=O)Cn2c(=O)n(Cc3ccccn3)c(=O)c3ncccc32)cc1. The smallest absolute Gasteiger partial charge is 0.332 e. The number of benzene rings is 1. The predicted octanol–water partition coefficient (Wildman–Crippen LogP) is 0.739. The third-order valence-corrected chi connectivity index (χ3v) is 4.79. The lowest BCUT2D eigenvalue weighted by molar-refractivity contribution is -0.116. The van der Waals surface area contributed by atoms with Crippen molar-refractivity contribution in [1.29, 1.82) is 0 Å². The Kier molecular flexibility index (Phi) is 5.58. The van der Waals surface area contributed by atoms with Crippen molar-refractivity contribution in [3.63, 3.8) is 0 Å². The molecule has 0 saturated heterocycles. The average molecular weight is 430 g/mol. The first-order valence-corrected chi connectivity index (χ1v) is 9.62. The van der Waals surface area contributed by atoms with Crippen molar-refractivity contribution in [1.82, 2.24) is 19.1 Å². The minimum atomic E-state index is -0.652. The molecule has 0 fully saturated rings. The van der Waals surface area contributed by atoms with Gasteiger partial charge in [-0.15, -0.1) is 0 Å². The first-order chi connectivity index (χ1) is 15.4. The molecule has 0 aliphatic carbocycles. The molecule has 160 valence electrons. The number of anilines is 1. The fourth-order valence-electron chi connectivity index (χ4n) is 3.25. The number of fused-ring (bicyclic) bond motifs is 1. The van der Waals surface area contributed by atoms with Crippen molar-refractivity contribution in [3.8, 4) is 0 Å². The highest BCUT2D eigenvalue weighted by Crippen LogP contribution is 2.10. The van der Waals surface area contributed by atoms with Crippen molar-refractivity contribution in [2.75, 3.05) is 5.32 Å². The van der Waals surface area contributed by atoms with Gasteiger partial charge >= 0.3 is 5.69 Å². The molecule has 32 heavy (non-hydrogen) atoms. The number of hydrogen-bond acceptors (Lipinski definition) is 6. The summed E-state index contributed by atoms with van der Waals surface area (Å²) in [5.74, 6) is -1.07. The molecule has 3 heterocycles.